The second-order valence-electron chi connectivity index (χ2n) is 1.74. The Balaban J connectivity index is 2.14. The molecule has 1 heterocycles. The summed E-state index contributed by atoms with van der Waals surface area (Å²) < 4.78 is 4.86. The summed E-state index contributed by atoms with van der Waals surface area (Å²) in [5, 5.41) is 1.95. The van der Waals surface area contributed by atoms with Gasteiger partial charge in [-0.15, -0.1) is 0 Å². The second-order valence-corrected chi connectivity index (χ2v) is 1.95. The summed E-state index contributed by atoms with van der Waals surface area (Å²) in [6.07, 6.45) is 2.57. The molecular weight excluding hydrogens is 109 g/mol. The van der Waals surface area contributed by atoms with Crippen LogP contribution in [0.15, 0.2) is 0 Å². The van der Waals surface area contributed by atoms with Crippen LogP contribution < -0.4 is 0 Å². The quantitative estimate of drug-likeness (QED) is 0.473. The van der Waals surface area contributed by atoms with Crippen LogP contribution in [0.5, 0.6) is 0 Å². The molecule has 0 aromatic carbocycles. The molecule has 3 heteroatoms. The highest BCUT2D eigenvalue weighted by Gasteiger charge is 2.08. The molecular formula is C4H10NOP. The minimum atomic E-state index is 1.10. The van der Waals surface area contributed by atoms with Gasteiger partial charge < -0.3 is 0 Å². The van der Waals surface area contributed by atoms with Crippen molar-refractivity contribution in [1.82, 2.24) is 5.06 Å². The van der Waals surface area contributed by atoms with Gasteiger partial charge in [0, 0.05) is 22.6 Å². The van der Waals surface area contributed by atoms with E-state index in [0.717, 1.165) is 13.1 Å². The van der Waals surface area contributed by atoms with Crippen molar-refractivity contribution in [2.45, 2.75) is 12.8 Å². The van der Waals surface area contributed by atoms with Gasteiger partial charge in [0.05, 0.1) is 0 Å². The first kappa shape index (κ1) is 5.49. The maximum atomic E-state index is 4.86. The van der Waals surface area contributed by atoms with Crippen LogP contribution in [0.25, 0.3) is 0 Å². The van der Waals surface area contributed by atoms with E-state index in [1.165, 1.54) is 12.8 Å². The summed E-state index contributed by atoms with van der Waals surface area (Å²) in [4.78, 5) is 0. The van der Waals surface area contributed by atoms with E-state index in [1.807, 2.05) is 5.06 Å². The second kappa shape index (κ2) is 2.61. The Bertz CT molecular complexity index is 53.7. The number of hydrogen-bond acceptors (Lipinski definition) is 2. The van der Waals surface area contributed by atoms with E-state index < -0.39 is 0 Å². The van der Waals surface area contributed by atoms with Gasteiger partial charge in [-0.1, -0.05) is 0 Å². The molecule has 1 aliphatic rings. The van der Waals surface area contributed by atoms with Crippen molar-refractivity contribution in [3.05, 3.63) is 0 Å². The van der Waals surface area contributed by atoms with E-state index in [-0.39, 0.29) is 0 Å². The first-order valence-corrected chi connectivity index (χ1v) is 3.02. The van der Waals surface area contributed by atoms with Gasteiger partial charge in [0.25, 0.3) is 0 Å². The lowest BCUT2D eigenvalue weighted by Gasteiger charge is -2.07. The molecule has 1 fully saturated rings. The summed E-state index contributed by atoms with van der Waals surface area (Å²) in [5.74, 6) is 0. The van der Waals surface area contributed by atoms with Gasteiger partial charge in [0.2, 0.25) is 0 Å². The summed E-state index contributed by atoms with van der Waals surface area (Å²) in [7, 11) is 2.25. The van der Waals surface area contributed by atoms with E-state index in [1.54, 1.807) is 0 Å². The fourth-order valence-electron chi connectivity index (χ4n) is 0.794. The van der Waals surface area contributed by atoms with Crippen molar-refractivity contribution in [2.75, 3.05) is 13.1 Å². The van der Waals surface area contributed by atoms with Crippen LogP contribution in [-0.4, -0.2) is 18.2 Å². The number of rotatable bonds is 1. The molecule has 1 aliphatic heterocycles. The van der Waals surface area contributed by atoms with Crippen LogP contribution in [-0.2, 0) is 4.62 Å². The molecule has 0 aromatic heterocycles. The Morgan fingerprint density at radius 2 is 1.86 bits per heavy atom. The van der Waals surface area contributed by atoms with Gasteiger partial charge in [0.15, 0.2) is 0 Å². The lowest BCUT2D eigenvalue weighted by molar-refractivity contribution is -0.0132. The highest BCUT2D eigenvalue weighted by Crippen LogP contribution is 2.08. The van der Waals surface area contributed by atoms with Crippen molar-refractivity contribution < 1.29 is 4.62 Å². The van der Waals surface area contributed by atoms with Crippen LogP contribution in [0.2, 0.25) is 0 Å². The predicted molar refractivity (Wildman–Crippen MR) is 31.6 cm³/mol. The third-order valence-corrected chi connectivity index (χ3v) is 1.51. The first-order valence-electron chi connectivity index (χ1n) is 2.55. The SMILES string of the molecule is PON1CCCC1. The molecule has 7 heavy (non-hydrogen) atoms. The third-order valence-electron chi connectivity index (χ3n) is 1.21. The normalized spacial score (nSPS) is 23.6. The highest BCUT2D eigenvalue weighted by molar-refractivity contribution is 7.09. The Hall–Kier alpha value is 0.350. The molecule has 0 N–H and O–H groups in total. The molecule has 2 nitrogen and oxygen atoms in total. The van der Waals surface area contributed by atoms with Crippen LogP contribution in [0, 0.1) is 0 Å². The molecule has 0 bridgehead atoms. The van der Waals surface area contributed by atoms with Crippen molar-refractivity contribution in [3.63, 3.8) is 0 Å². The lowest BCUT2D eigenvalue weighted by Crippen LogP contribution is -2.13. The molecule has 0 aromatic rings. The summed E-state index contributed by atoms with van der Waals surface area (Å²) in [6.45, 7) is 2.20. The largest absolute Gasteiger partial charge is 0.284 e. The molecule has 1 atom stereocenters. The minimum absolute atomic E-state index is 1.10. The topological polar surface area (TPSA) is 12.5 Å². The first-order chi connectivity index (χ1) is 3.43. The van der Waals surface area contributed by atoms with Crippen molar-refractivity contribution in [3.8, 4) is 0 Å². The average Bonchev–Trinajstić information content (AvgIpc) is 2.14. The minimum Gasteiger partial charge on any atom is -0.284 e. The summed E-state index contributed by atoms with van der Waals surface area (Å²) in [5.41, 5.74) is 0. The monoisotopic (exact) mass is 119 g/mol. The zero-order chi connectivity index (χ0) is 5.11. The summed E-state index contributed by atoms with van der Waals surface area (Å²) >= 11 is 0. The van der Waals surface area contributed by atoms with E-state index in [0.29, 0.717) is 0 Å². The van der Waals surface area contributed by atoms with E-state index >= 15 is 0 Å². The summed E-state index contributed by atoms with van der Waals surface area (Å²) in [6, 6.07) is 0. The van der Waals surface area contributed by atoms with Gasteiger partial charge in [0.1, 0.15) is 0 Å². The Morgan fingerprint density at radius 3 is 2.14 bits per heavy atom. The average molecular weight is 119 g/mol. The molecule has 42 valence electrons. The van der Waals surface area contributed by atoms with Gasteiger partial charge in [-0.3, -0.25) is 4.62 Å². The molecule has 0 saturated carbocycles. The molecule has 0 amide bonds. The Kier molecular flexibility index (Phi) is 2.04. The fraction of sp³-hybridized carbons (Fsp3) is 1.00. The smallest absolute Gasteiger partial charge is 0.0260 e. The predicted octanol–water partition coefficient (Wildman–Crippen LogP) is 0.804. The molecule has 1 saturated heterocycles. The van der Waals surface area contributed by atoms with Gasteiger partial charge >= 0.3 is 0 Å². The molecule has 0 aliphatic carbocycles. The van der Waals surface area contributed by atoms with E-state index in [9.17, 15) is 0 Å². The van der Waals surface area contributed by atoms with Gasteiger partial charge in [-0.05, 0) is 12.8 Å². The van der Waals surface area contributed by atoms with E-state index in [2.05, 4.69) is 9.47 Å². The van der Waals surface area contributed by atoms with Crippen LogP contribution in [0.1, 0.15) is 12.8 Å². The van der Waals surface area contributed by atoms with Crippen LogP contribution in [0.3, 0.4) is 0 Å². The van der Waals surface area contributed by atoms with E-state index in [4.69, 9.17) is 4.62 Å². The Labute approximate surface area is 46.1 Å². The highest BCUT2D eigenvalue weighted by atomic mass is 31.0. The lowest BCUT2D eigenvalue weighted by atomic mass is 10.4. The van der Waals surface area contributed by atoms with Crippen molar-refractivity contribution >= 4 is 9.47 Å². The molecule has 0 radical (unpaired) electrons. The zero-order valence-electron chi connectivity index (χ0n) is 4.26. The standard InChI is InChI=1S/C4H10NOP/c7-6-5-3-1-2-4-5/h1-4,7H2. The third kappa shape index (κ3) is 1.37. The zero-order valence-corrected chi connectivity index (χ0v) is 5.42. The molecule has 1 unspecified atom stereocenters. The maximum Gasteiger partial charge on any atom is 0.0260 e. The van der Waals surface area contributed by atoms with Crippen LogP contribution in [0.4, 0.5) is 0 Å². The number of hydrogen-bond donors (Lipinski definition) is 0. The van der Waals surface area contributed by atoms with Gasteiger partial charge in [-0.2, -0.15) is 5.06 Å². The van der Waals surface area contributed by atoms with Crippen molar-refractivity contribution in [1.29, 1.82) is 0 Å². The maximum absolute atomic E-state index is 4.86. The van der Waals surface area contributed by atoms with Crippen LogP contribution >= 0.6 is 9.47 Å². The fourth-order valence-corrected chi connectivity index (χ4v) is 1.00. The van der Waals surface area contributed by atoms with Crippen molar-refractivity contribution in [2.24, 2.45) is 0 Å². The van der Waals surface area contributed by atoms with Gasteiger partial charge in [-0.25, -0.2) is 0 Å². The number of nitrogens with zero attached hydrogens (tertiary/aromatic N) is 1. The number of hydroxylamine groups is 2. The molecule has 0 spiro atoms. The Morgan fingerprint density at radius 1 is 1.29 bits per heavy atom. The molecule has 1 rings (SSSR count).